The molecule has 0 saturated carbocycles. The van der Waals surface area contributed by atoms with E-state index >= 15 is 0 Å². The van der Waals surface area contributed by atoms with Crippen molar-refractivity contribution >= 4 is 15.9 Å². The Hall–Kier alpha value is -0.460. The third-order valence-electron chi connectivity index (χ3n) is 3.46. The Bertz CT molecular complexity index is 350. The van der Waals surface area contributed by atoms with Gasteiger partial charge in [0.15, 0.2) is 4.60 Å². The lowest BCUT2D eigenvalue weighted by Crippen LogP contribution is -2.51. The van der Waals surface area contributed by atoms with Gasteiger partial charge in [0, 0.05) is 12.6 Å². The zero-order valence-electron chi connectivity index (χ0n) is 11.2. The molecule has 5 nitrogen and oxygen atoms in total. The Morgan fingerprint density at radius 3 is 2.29 bits per heavy atom. The molecule has 0 amide bonds. The molecule has 0 aliphatic rings. The lowest BCUT2D eigenvalue weighted by molar-refractivity contribution is 0.103. The van der Waals surface area contributed by atoms with Gasteiger partial charge < -0.3 is 5.73 Å². The highest BCUT2D eigenvalue weighted by Gasteiger charge is 2.35. The third-order valence-corrected chi connectivity index (χ3v) is 4.03. The Kier molecular flexibility index (Phi) is 4.69. The molecular weight excluding hydrogens is 282 g/mol. The summed E-state index contributed by atoms with van der Waals surface area (Å²) in [6.07, 6.45) is 0. The van der Waals surface area contributed by atoms with Gasteiger partial charge in [0.2, 0.25) is 0 Å². The van der Waals surface area contributed by atoms with Crippen molar-refractivity contribution in [3.05, 3.63) is 10.3 Å². The lowest BCUT2D eigenvalue weighted by Gasteiger charge is -2.41. The molecule has 0 bridgehead atoms. The van der Waals surface area contributed by atoms with Gasteiger partial charge in [0.05, 0.1) is 11.7 Å². The van der Waals surface area contributed by atoms with Gasteiger partial charge in [-0.25, -0.2) is 4.68 Å². The van der Waals surface area contributed by atoms with Gasteiger partial charge in [0.25, 0.3) is 0 Å². The summed E-state index contributed by atoms with van der Waals surface area (Å²) < 4.78 is 2.47. The zero-order valence-corrected chi connectivity index (χ0v) is 12.8. The van der Waals surface area contributed by atoms with Crippen LogP contribution in [0.1, 0.15) is 39.4 Å². The normalized spacial score (nSPS) is 14.4. The molecule has 1 unspecified atom stereocenters. The van der Waals surface area contributed by atoms with Crippen LogP contribution in [0.2, 0.25) is 0 Å². The summed E-state index contributed by atoms with van der Waals surface area (Å²) in [4.78, 5) is 2.34. The van der Waals surface area contributed by atoms with E-state index < -0.39 is 0 Å². The van der Waals surface area contributed by atoms with Crippen molar-refractivity contribution in [2.45, 2.75) is 39.3 Å². The molecule has 0 fully saturated rings. The minimum atomic E-state index is -0.142. The van der Waals surface area contributed by atoms with E-state index in [1.165, 1.54) is 0 Å². The number of halogens is 1. The predicted octanol–water partition coefficient (Wildman–Crippen LogP) is 1.70. The van der Waals surface area contributed by atoms with E-state index in [4.69, 9.17) is 5.73 Å². The van der Waals surface area contributed by atoms with E-state index in [-0.39, 0.29) is 11.6 Å². The highest BCUT2D eigenvalue weighted by atomic mass is 79.9. The fourth-order valence-corrected chi connectivity index (χ4v) is 2.81. The summed E-state index contributed by atoms with van der Waals surface area (Å²) in [7, 11) is 1.87. The average molecular weight is 304 g/mol. The summed E-state index contributed by atoms with van der Waals surface area (Å²) in [5, 5.41) is 7.98. The Morgan fingerprint density at radius 2 is 1.94 bits per heavy atom. The van der Waals surface area contributed by atoms with Crippen LogP contribution in [0.15, 0.2) is 4.60 Å². The Morgan fingerprint density at radius 1 is 1.41 bits per heavy atom. The topological polar surface area (TPSA) is 60.0 Å². The number of rotatable bonds is 5. The highest BCUT2D eigenvalue weighted by molar-refractivity contribution is 9.10. The van der Waals surface area contributed by atoms with Crippen LogP contribution in [0.3, 0.4) is 0 Å². The smallest absolute Gasteiger partial charge is 0.153 e. The van der Waals surface area contributed by atoms with Crippen LogP contribution in [0.4, 0.5) is 0 Å². The van der Waals surface area contributed by atoms with Crippen LogP contribution >= 0.6 is 15.9 Å². The van der Waals surface area contributed by atoms with Crippen LogP contribution in [0.5, 0.6) is 0 Å². The fourth-order valence-electron chi connectivity index (χ4n) is 2.24. The summed E-state index contributed by atoms with van der Waals surface area (Å²) >= 11 is 3.41. The van der Waals surface area contributed by atoms with Crippen LogP contribution in [0, 0.1) is 0 Å². The van der Waals surface area contributed by atoms with Crippen LogP contribution in [-0.4, -0.2) is 38.5 Å². The van der Waals surface area contributed by atoms with Gasteiger partial charge in [-0.1, -0.05) is 19.1 Å². The maximum atomic E-state index is 6.40. The van der Waals surface area contributed by atoms with Crippen LogP contribution in [-0.2, 0) is 7.05 Å². The van der Waals surface area contributed by atoms with Crippen molar-refractivity contribution in [2.24, 2.45) is 12.8 Å². The maximum absolute atomic E-state index is 6.40. The van der Waals surface area contributed by atoms with Crippen molar-refractivity contribution in [1.82, 2.24) is 19.9 Å². The first-order valence-electron chi connectivity index (χ1n) is 5.91. The number of nitrogens with zero attached hydrogens (tertiary/aromatic N) is 4. The monoisotopic (exact) mass is 303 g/mol. The minimum absolute atomic E-state index is 0.137. The minimum Gasteiger partial charge on any atom is -0.321 e. The Labute approximate surface area is 111 Å². The van der Waals surface area contributed by atoms with Crippen LogP contribution in [0.25, 0.3) is 0 Å². The van der Waals surface area contributed by atoms with Crippen molar-refractivity contribution in [3.8, 4) is 0 Å². The number of likely N-dealkylation sites (N-methyl/N-ethyl adjacent to an activating group) is 1. The highest BCUT2D eigenvalue weighted by Crippen LogP contribution is 2.31. The molecule has 0 saturated heterocycles. The molecule has 17 heavy (non-hydrogen) atoms. The molecule has 0 spiro atoms. The van der Waals surface area contributed by atoms with Gasteiger partial charge in [-0.2, -0.15) is 0 Å². The average Bonchev–Trinajstić information content (AvgIpc) is 2.59. The van der Waals surface area contributed by atoms with Crippen molar-refractivity contribution in [2.75, 3.05) is 13.1 Å². The number of aryl methyl sites for hydroxylation is 1. The molecule has 6 heteroatoms. The first kappa shape index (κ1) is 14.6. The molecule has 0 aliphatic heterocycles. The SMILES string of the molecule is CCN(CC)C(C)(C)C(N)c1c(Br)nnn1C. The van der Waals surface area contributed by atoms with Crippen molar-refractivity contribution in [1.29, 1.82) is 0 Å². The van der Waals surface area contributed by atoms with E-state index in [0.29, 0.717) is 0 Å². The van der Waals surface area contributed by atoms with E-state index in [2.05, 4.69) is 58.8 Å². The van der Waals surface area contributed by atoms with Gasteiger partial charge in [0.1, 0.15) is 0 Å². The second-order valence-electron chi connectivity index (χ2n) is 4.69. The molecule has 1 aromatic rings. The molecule has 1 atom stereocenters. The first-order valence-corrected chi connectivity index (χ1v) is 6.71. The Balaban J connectivity index is 3.07. The van der Waals surface area contributed by atoms with Gasteiger partial charge in [-0.05, 0) is 42.9 Å². The zero-order chi connectivity index (χ0) is 13.2. The van der Waals surface area contributed by atoms with E-state index in [9.17, 15) is 0 Å². The van der Waals surface area contributed by atoms with Gasteiger partial charge >= 0.3 is 0 Å². The second kappa shape index (κ2) is 5.46. The molecule has 2 N–H and O–H groups in total. The molecular formula is C11H22BrN5. The van der Waals surface area contributed by atoms with Gasteiger partial charge in [-0.15, -0.1) is 5.10 Å². The fraction of sp³-hybridized carbons (Fsp3) is 0.818. The number of hydrogen-bond acceptors (Lipinski definition) is 4. The largest absolute Gasteiger partial charge is 0.321 e. The van der Waals surface area contributed by atoms with Crippen molar-refractivity contribution < 1.29 is 0 Å². The first-order chi connectivity index (χ1) is 7.86. The van der Waals surface area contributed by atoms with Crippen LogP contribution < -0.4 is 5.73 Å². The van der Waals surface area contributed by atoms with E-state index in [0.717, 1.165) is 23.4 Å². The van der Waals surface area contributed by atoms with E-state index in [1.54, 1.807) is 4.68 Å². The van der Waals surface area contributed by atoms with Crippen molar-refractivity contribution in [3.63, 3.8) is 0 Å². The summed E-state index contributed by atoms with van der Waals surface area (Å²) in [5.41, 5.74) is 7.19. The van der Waals surface area contributed by atoms with E-state index in [1.807, 2.05) is 7.05 Å². The standard InChI is InChI=1S/C11H22BrN5/c1-6-17(7-2)11(3,4)9(13)8-10(12)14-15-16(8)5/h9H,6-7,13H2,1-5H3. The predicted molar refractivity (Wildman–Crippen MR) is 72.6 cm³/mol. The van der Waals surface area contributed by atoms with Gasteiger partial charge in [-0.3, -0.25) is 4.90 Å². The molecule has 1 rings (SSSR count). The molecule has 98 valence electrons. The summed E-state index contributed by atoms with van der Waals surface area (Å²) in [5.74, 6) is 0. The number of aromatic nitrogens is 3. The lowest BCUT2D eigenvalue weighted by atomic mass is 9.90. The molecule has 1 heterocycles. The third kappa shape index (κ3) is 2.69. The molecule has 0 radical (unpaired) electrons. The molecule has 0 aliphatic carbocycles. The second-order valence-corrected chi connectivity index (χ2v) is 5.44. The summed E-state index contributed by atoms with van der Waals surface area (Å²) in [6, 6.07) is -0.142. The summed E-state index contributed by atoms with van der Waals surface area (Å²) in [6.45, 7) is 10.6. The number of nitrogens with two attached hydrogens (primary N) is 1. The molecule has 1 aromatic heterocycles. The maximum Gasteiger partial charge on any atom is 0.153 e. The quantitative estimate of drug-likeness (QED) is 0.899. The number of hydrogen-bond donors (Lipinski definition) is 1. The molecule has 0 aromatic carbocycles.